The van der Waals surface area contributed by atoms with Gasteiger partial charge in [-0.15, -0.1) is 0 Å². The van der Waals surface area contributed by atoms with Crippen molar-refractivity contribution >= 4 is 15.9 Å². The lowest BCUT2D eigenvalue weighted by Gasteiger charge is -2.18. The molecule has 0 saturated heterocycles. The molecule has 0 aromatic heterocycles. The van der Waals surface area contributed by atoms with Gasteiger partial charge in [-0.1, -0.05) is 35.0 Å². The molecule has 2 nitrogen and oxygen atoms in total. The van der Waals surface area contributed by atoms with Crippen molar-refractivity contribution in [2.75, 3.05) is 20.3 Å². The van der Waals surface area contributed by atoms with Gasteiger partial charge in [-0.25, -0.2) is 0 Å². The minimum absolute atomic E-state index is 0.284. The molecule has 3 heteroatoms. The SMILES string of the molecule is CCNC(COC)c1ccc(Br)c(C)c1. The third kappa shape index (κ3) is 3.59. The Morgan fingerprint density at radius 3 is 2.73 bits per heavy atom. The van der Waals surface area contributed by atoms with Crippen LogP contribution in [-0.2, 0) is 4.74 Å². The fraction of sp³-hybridized carbons (Fsp3) is 0.500. The molecule has 1 rings (SSSR count). The van der Waals surface area contributed by atoms with Crippen molar-refractivity contribution in [1.82, 2.24) is 5.32 Å². The quantitative estimate of drug-likeness (QED) is 0.889. The molecule has 0 aliphatic heterocycles. The summed E-state index contributed by atoms with van der Waals surface area (Å²) in [6.45, 7) is 5.86. The zero-order valence-electron chi connectivity index (χ0n) is 9.51. The Labute approximate surface area is 100 Å². The molecular weight excluding hydrogens is 254 g/mol. The van der Waals surface area contributed by atoms with Crippen LogP contribution in [0.4, 0.5) is 0 Å². The van der Waals surface area contributed by atoms with E-state index >= 15 is 0 Å². The van der Waals surface area contributed by atoms with Crippen LogP contribution in [0.15, 0.2) is 22.7 Å². The van der Waals surface area contributed by atoms with Crippen molar-refractivity contribution < 1.29 is 4.74 Å². The van der Waals surface area contributed by atoms with Gasteiger partial charge in [0.2, 0.25) is 0 Å². The van der Waals surface area contributed by atoms with Gasteiger partial charge in [0, 0.05) is 11.6 Å². The fourth-order valence-corrected chi connectivity index (χ4v) is 1.82. The highest BCUT2D eigenvalue weighted by Crippen LogP contribution is 2.21. The number of methoxy groups -OCH3 is 1. The predicted molar refractivity (Wildman–Crippen MR) is 67.2 cm³/mol. The van der Waals surface area contributed by atoms with Crippen LogP contribution in [0.5, 0.6) is 0 Å². The van der Waals surface area contributed by atoms with Crippen molar-refractivity contribution in [3.8, 4) is 0 Å². The van der Waals surface area contributed by atoms with E-state index in [1.54, 1.807) is 7.11 Å². The molecule has 1 N–H and O–H groups in total. The van der Waals surface area contributed by atoms with E-state index in [9.17, 15) is 0 Å². The van der Waals surface area contributed by atoms with Gasteiger partial charge < -0.3 is 10.1 Å². The van der Waals surface area contributed by atoms with Gasteiger partial charge in [0.1, 0.15) is 0 Å². The monoisotopic (exact) mass is 271 g/mol. The maximum atomic E-state index is 5.21. The number of aryl methyl sites for hydroxylation is 1. The summed E-state index contributed by atoms with van der Waals surface area (Å²) in [6.07, 6.45) is 0. The van der Waals surface area contributed by atoms with Crippen molar-refractivity contribution in [3.63, 3.8) is 0 Å². The van der Waals surface area contributed by atoms with Gasteiger partial charge in [-0.2, -0.15) is 0 Å². The van der Waals surface area contributed by atoms with E-state index in [1.807, 2.05) is 0 Å². The molecule has 84 valence electrons. The highest BCUT2D eigenvalue weighted by molar-refractivity contribution is 9.10. The minimum atomic E-state index is 0.284. The van der Waals surface area contributed by atoms with Gasteiger partial charge in [0.15, 0.2) is 0 Å². The lowest BCUT2D eigenvalue weighted by atomic mass is 10.1. The Morgan fingerprint density at radius 2 is 2.20 bits per heavy atom. The van der Waals surface area contributed by atoms with Crippen LogP contribution in [0.3, 0.4) is 0 Å². The molecule has 0 radical (unpaired) electrons. The van der Waals surface area contributed by atoms with Crippen LogP contribution in [0.25, 0.3) is 0 Å². The number of hydrogen-bond donors (Lipinski definition) is 1. The first-order valence-corrected chi connectivity index (χ1v) is 5.96. The Balaban J connectivity index is 2.85. The van der Waals surface area contributed by atoms with Crippen LogP contribution in [0.1, 0.15) is 24.1 Å². The fourth-order valence-electron chi connectivity index (χ4n) is 1.57. The molecule has 0 aliphatic carbocycles. The summed E-state index contributed by atoms with van der Waals surface area (Å²) in [6, 6.07) is 6.69. The van der Waals surface area contributed by atoms with Gasteiger partial charge in [0.05, 0.1) is 12.6 Å². The second-order valence-electron chi connectivity index (χ2n) is 3.57. The number of rotatable bonds is 5. The molecule has 0 bridgehead atoms. The van der Waals surface area contributed by atoms with Crippen molar-refractivity contribution in [2.24, 2.45) is 0 Å². The van der Waals surface area contributed by atoms with E-state index in [1.165, 1.54) is 11.1 Å². The lowest BCUT2D eigenvalue weighted by Crippen LogP contribution is -2.24. The Hall–Kier alpha value is -0.380. The highest BCUT2D eigenvalue weighted by Gasteiger charge is 2.10. The average molecular weight is 272 g/mol. The zero-order chi connectivity index (χ0) is 11.3. The van der Waals surface area contributed by atoms with Crippen molar-refractivity contribution in [3.05, 3.63) is 33.8 Å². The zero-order valence-corrected chi connectivity index (χ0v) is 11.1. The molecule has 1 aromatic carbocycles. The van der Waals surface area contributed by atoms with Gasteiger partial charge in [-0.05, 0) is 30.7 Å². The molecule has 1 atom stereocenters. The van der Waals surface area contributed by atoms with Crippen LogP contribution in [0, 0.1) is 6.92 Å². The number of nitrogens with one attached hydrogen (secondary N) is 1. The predicted octanol–water partition coefficient (Wildman–Crippen LogP) is 3.05. The topological polar surface area (TPSA) is 21.3 Å². The Bertz CT molecular complexity index is 308. The standard InChI is InChI=1S/C12H18BrNO/c1-4-14-12(8-15-3)10-5-6-11(13)9(2)7-10/h5-7,12,14H,4,8H2,1-3H3. The van der Waals surface area contributed by atoms with E-state index in [4.69, 9.17) is 4.74 Å². The summed E-state index contributed by atoms with van der Waals surface area (Å²) in [5.41, 5.74) is 2.53. The smallest absolute Gasteiger partial charge is 0.0657 e. The second-order valence-corrected chi connectivity index (χ2v) is 4.43. The first kappa shape index (κ1) is 12.7. The third-order valence-electron chi connectivity index (χ3n) is 2.37. The number of halogens is 1. The molecule has 0 fully saturated rings. The lowest BCUT2D eigenvalue weighted by molar-refractivity contribution is 0.168. The summed E-state index contributed by atoms with van der Waals surface area (Å²) < 4.78 is 6.36. The molecule has 0 aliphatic rings. The third-order valence-corrected chi connectivity index (χ3v) is 3.26. The molecule has 1 unspecified atom stereocenters. The van der Waals surface area contributed by atoms with E-state index < -0.39 is 0 Å². The van der Waals surface area contributed by atoms with Crippen molar-refractivity contribution in [2.45, 2.75) is 19.9 Å². The van der Waals surface area contributed by atoms with E-state index in [0.29, 0.717) is 6.61 Å². The number of hydrogen-bond acceptors (Lipinski definition) is 2. The maximum Gasteiger partial charge on any atom is 0.0657 e. The highest BCUT2D eigenvalue weighted by atomic mass is 79.9. The minimum Gasteiger partial charge on any atom is -0.383 e. The maximum absolute atomic E-state index is 5.21. The Morgan fingerprint density at radius 1 is 1.47 bits per heavy atom. The van der Waals surface area contributed by atoms with E-state index in [2.05, 4.69) is 53.3 Å². The molecule has 0 spiro atoms. The normalized spacial score (nSPS) is 12.8. The largest absolute Gasteiger partial charge is 0.383 e. The average Bonchev–Trinajstić information content (AvgIpc) is 2.22. The van der Waals surface area contributed by atoms with Crippen LogP contribution >= 0.6 is 15.9 Å². The molecular formula is C12H18BrNO. The van der Waals surface area contributed by atoms with E-state index in [0.717, 1.165) is 11.0 Å². The molecule has 1 aromatic rings. The Kier molecular flexibility index (Phi) is 5.29. The second kappa shape index (κ2) is 6.26. The van der Waals surface area contributed by atoms with Crippen LogP contribution in [-0.4, -0.2) is 20.3 Å². The summed E-state index contributed by atoms with van der Waals surface area (Å²) in [5.74, 6) is 0. The summed E-state index contributed by atoms with van der Waals surface area (Å²) in [7, 11) is 1.73. The van der Waals surface area contributed by atoms with Gasteiger partial charge >= 0.3 is 0 Å². The van der Waals surface area contributed by atoms with Gasteiger partial charge in [0.25, 0.3) is 0 Å². The first-order chi connectivity index (χ1) is 7.19. The number of benzene rings is 1. The number of likely N-dealkylation sites (N-methyl/N-ethyl adjacent to an activating group) is 1. The van der Waals surface area contributed by atoms with E-state index in [-0.39, 0.29) is 6.04 Å². The van der Waals surface area contributed by atoms with Crippen LogP contribution in [0.2, 0.25) is 0 Å². The summed E-state index contributed by atoms with van der Waals surface area (Å²) in [4.78, 5) is 0. The summed E-state index contributed by atoms with van der Waals surface area (Å²) >= 11 is 3.50. The van der Waals surface area contributed by atoms with Gasteiger partial charge in [-0.3, -0.25) is 0 Å². The first-order valence-electron chi connectivity index (χ1n) is 5.17. The molecule has 0 heterocycles. The molecule has 15 heavy (non-hydrogen) atoms. The molecule has 0 saturated carbocycles. The van der Waals surface area contributed by atoms with Crippen LogP contribution < -0.4 is 5.32 Å². The number of ether oxygens (including phenoxy) is 1. The van der Waals surface area contributed by atoms with Crippen molar-refractivity contribution in [1.29, 1.82) is 0 Å². The summed E-state index contributed by atoms with van der Waals surface area (Å²) in [5, 5.41) is 3.41. The molecule has 0 amide bonds.